The van der Waals surface area contributed by atoms with Gasteiger partial charge in [-0.05, 0) is 62.9 Å². The predicted octanol–water partition coefficient (Wildman–Crippen LogP) is 1.59. The van der Waals surface area contributed by atoms with Crippen molar-refractivity contribution in [2.24, 2.45) is 5.10 Å². The van der Waals surface area contributed by atoms with E-state index in [0.29, 0.717) is 0 Å². The Balaban J connectivity index is 2.68. The molecule has 5 nitrogen and oxygen atoms in total. The minimum Gasteiger partial charge on any atom is -0.346 e. The number of amides is 2. The number of aryl methyl sites for hydroxylation is 3. The highest BCUT2D eigenvalue weighted by atomic mass is 16.2. The van der Waals surface area contributed by atoms with Crippen molar-refractivity contribution in [1.29, 1.82) is 0 Å². The number of nitrogens with zero attached hydrogens (tertiary/aromatic N) is 1. The van der Waals surface area contributed by atoms with Crippen molar-refractivity contribution < 1.29 is 9.59 Å². The SMILES string of the molecule is Cc1cc(C)c(/C=N\NC(=O)C(=O)NC(C)C)cc1C. The molecule has 0 saturated heterocycles. The molecular formula is C15H21N3O2. The highest BCUT2D eigenvalue weighted by molar-refractivity contribution is 6.35. The van der Waals surface area contributed by atoms with Crippen molar-refractivity contribution >= 4 is 18.0 Å². The van der Waals surface area contributed by atoms with Crippen LogP contribution in [-0.2, 0) is 9.59 Å². The number of benzene rings is 1. The van der Waals surface area contributed by atoms with Gasteiger partial charge in [0.15, 0.2) is 0 Å². The molecule has 0 bridgehead atoms. The summed E-state index contributed by atoms with van der Waals surface area (Å²) in [6, 6.07) is 3.97. The lowest BCUT2D eigenvalue weighted by molar-refractivity contribution is -0.139. The molecule has 0 atom stereocenters. The topological polar surface area (TPSA) is 70.6 Å². The minimum absolute atomic E-state index is 0.0841. The zero-order chi connectivity index (χ0) is 15.3. The Morgan fingerprint density at radius 1 is 1.05 bits per heavy atom. The molecule has 108 valence electrons. The molecule has 0 aliphatic carbocycles. The van der Waals surface area contributed by atoms with Gasteiger partial charge < -0.3 is 5.32 Å². The summed E-state index contributed by atoms with van der Waals surface area (Å²) in [5.74, 6) is -1.45. The monoisotopic (exact) mass is 275 g/mol. The average molecular weight is 275 g/mol. The van der Waals surface area contributed by atoms with Gasteiger partial charge in [0.05, 0.1) is 6.21 Å². The van der Waals surface area contributed by atoms with Gasteiger partial charge in [0, 0.05) is 6.04 Å². The van der Waals surface area contributed by atoms with Crippen molar-refractivity contribution in [3.63, 3.8) is 0 Å². The molecule has 1 rings (SSSR count). The molecule has 0 saturated carbocycles. The molecule has 2 amide bonds. The molecule has 20 heavy (non-hydrogen) atoms. The van der Waals surface area contributed by atoms with Crippen molar-refractivity contribution in [3.8, 4) is 0 Å². The van der Waals surface area contributed by atoms with Gasteiger partial charge in [-0.15, -0.1) is 0 Å². The smallest absolute Gasteiger partial charge is 0.329 e. The van der Waals surface area contributed by atoms with Crippen LogP contribution in [0.15, 0.2) is 17.2 Å². The highest BCUT2D eigenvalue weighted by Crippen LogP contribution is 2.13. The second kappa shape index (κ2) is 6.84. The fraction of sp³-hybridized carbons (Fsp3) is 0.400. The summed E-state index contributed by atoms with van der Waals surface area (Å²) in [6.45, 7) is 9.60. The average Bonchev–Trinajstić information content (AvgIpc) is 2.34. The second-order valence-electron chi connectivity index (χ2n) is 5.12. The van der Waals surface area contributed by atoms with E-state index in [-0.39, 0.29) is 6.04 Å². The van der Waals surface area contributed by atoms with Gasteiger partial charge in [0.2, 0.25) is 0 Å². The van der Waals surface area contributed by atoms with E-state index in [1.54, 1.807) is 20.1 Å². The maximum Gasteiger partial charge on any atom is 0.329 e. The van der Waals surface area contributed by atoms with Crippen LogP contribution < -0.4 is 10.7 Å². The zero-order valence-corrected chi connectivity index (χ0v) is 12.6. The predicted molar refractivity (Wildman–Crippen MR) is 79.7 cm³/mol. The number of hydrazone groups is 1. The third-order valence-electron chi connectivity index (χ3n) is 2.88. The number of hydrogen-bond donors (Lipinski definition) is 2. The number of hydrogen-bond acceptors (Lipinski definition) is 3. The van der Waals surface area contributed by atoms with Gasteiger partial charge >= 0.3 is 11.8 Å². The van der Waals surface area contributed by atoms with Gasteiger partial charge in [0.25, 0.3) is 0 Å². The molecule has 1 aromatic carbocycles. The lowest BCUT2D eigenvalue weighted by atomic mass is 10.0. The number of carbonyl (C=O) groups is 2. The molecule has 2 N–H and O–H groups in total. The Bertz CT molecular complexity index is 548. The van der Waals surface area contributed by atoms with Gasteiger partial charge in [-0.25, -0.2) is 5.43 Å². The fourth-order valence-corrected chi connectivity index (χ4v) is 1.66. The van der Waals surface area contributed by atoms with Gasteiger partial charge in [-0.3, -0.25) is 9.59 Å². The highest BCUT2D eigenvalue weighted by Gasteiger charge is 2.12. The first-order valence-electron chi connectivity index (χ1n) is 6.53. The molecule has 1 aromatic rings. The molecule has 0 aliphatic rings. The Kier molecular flexibility index (Phi) is 5.43. The third-order valence-corrected chi connectivity index (χ3v) is 2.88. The van der Waals surface area contributed by atoms with Crippen molar-refractivity contribution in [2.45, 2.75) is 40.7 Å². The van der Waals surface area contributed by atoms with Crippen LogP contribution in [0.2, 0.25) is 0 Å². The standard InChI is InChI=1S/C15H21N3O2/c1-9(2)17-14(19)15(20)18-16-8-13-7-11(4)10(3)6-12(13)5/h6-9H,1-5H3,(H,17,19)(H,18,20)/b16-8-. The summed E-state index contributed by atoms with van der Waals surface area (Å²) in [5, 5.41) is 6.31. The number of nitrogens with one attached hydrogen (secondary N) is 2. The van der Waals surface area contributed by atoms with Gasteiger partial charge in [-0.2, -0.15) is 5.10 Å². The fourth-order valence-electron chi connectivity index (χ4n) is 1.66. The lowest BCUT2D eigenvalue weighted by Crippen LogP contribution is -2.41. The first-order chi connectivity index (χ1) is 9.31. The van der Waals surface area contributed by atoms with E-state index in [9.17, 15) is 9.59 Å². The Morgan fingerprint density at radius 3 is 2.25 bits per heavy atom. The summed E-state index contributed by atoms with van der Waals surface area (Å²) in [6.07, 6.45) is 1.54. The first-order valence-corrected chi connectivity index (χ1v) is 6.53. The Hall–Kier alpha value is -2.17. The van der Waals surface area contributed by atoms with E-state index in [0.717, 1.165) is 16.7 Å². The van der Waals surface area contributed by atoms with Gasteiger partial charge in [-0.1, -0.05) is 6.07 Å². The summed E-state index contributed by atoms with van der Waals surface area (Å²) in [4.78, 5) is 22.8. The normalized spacial score (nSPS) is 10.9. The van der Waals surface area contributed by atoms with E-state index >= 15 is 0 Å². The summed E-state index contributed by atoms with van der Waals surface area (Å²) < 4.78 is 0. The summed E-state index contributed by atoms with van der Waals surface area (Å²) in [7, 11) is 0. The quantitative estimate of drug-likeness (QED) is 0.499. The van der Waals surface area contributed by atoms with E-state index < -0.39 is 11.8 Å². The molecule has 0 fully saturated rings. The molecular weight excluding hydrogens is 254 g/mol. The van der Waals surface area contributed by atoms with Crippen molar-refractivity contribution in [2.75, 3.05) is 0 Å². The Morgan fingerprint density at radius 2 is 1.65 bits per heavy atom. The Labute approximate surface area is 119 Å². The summed E-state index contributed by atoms with van der Waals surface area (Å²) >= 11 is 0. The zero-order valence-electron chi connectivity index (χ0n) is 12.6. The molecule has 0 radical (unpaired) electrons. The third kappa shape index (κ3) is 4.50. The largest absolute Gasteiger partial charge is 0.346 e. The van der Waals surface area contributed by atoms with E-state index in [4.69, 9.17) is 0 Å². The molecule has 0 heterocycles. The lowest BCUT2D eigenvalue weighted by Gasteiger charge is -2.07. The van der Waals surface area contributed by atoms with E-state index in [1.165, 1.54) is 5.56 Å². The minimum atomic E-state index is -0.767. The second-order valence-corrected chi connectivity index (χ2v) is 5.12. The van der Waals surface area contributed by atoms with Crippen LogP contribution >= 0.6 is 0 Å². The van der Waals surface area contributed by atoms with E-state index in [1.807, 2.05) is 26.8 Å². The number of rotatable bonds is 3. The maximum absolute atomic E-state index is 11.4. The van der Waals surface area contributed by atoms with Crippen LogP contribution in [0.3, 0.4) is 0 Å². The van der Waals surface area contributed by atoms with Crippen LogP contribution in [0.25, 0.3) is 0 Å². The first kappa shape index (κ1) is 15.9. The molecule has 5 heteroatoms. The van der Waals surface area contributed by atoms with Crippen molar-refractivity contribution in [3.05, 3.63) is 34.4 Å². The van der Waals surface area contributed by atoms with E-state index in [2.05, 4.69) is 21.9 Å². The van der Waals surface area contributed by atoms with Gasteiger partial charge in [0.1, 0.15) is 0 Å². The van der Waals surface area contributed by atoms with Crippen LogP contribution in [0.5, 0.6) is 0 Å². The molecule has 0 spiro atoms. The van der Waals surface area contributed by atoms with Crippen LogP contribution in [-0.4, -0.2) is 24.1 Å². The van der Waals surface area contributed by atoms with Crippen LogP contribution in [0.1, 0.15) is 36.1 Å². The molecule has 0 aromatic heterocycles. The maximum atomic E-state index is 11.4. The van der Waals surface area contributed by atoms with Crippen LogP contribution in [0.4, 0.5) is 0 Å². The molecule has 0 aliphatic heterocycles. The number of carbonyl (C=O) groups excluding carboxylic acids is 2. The summed E-state index contributed by atoms with van der Waals surface area (Å²) in [5.41, 5.74) is 6.56. The van der Waals surface area contributed by atoms with Crippen molar-refractivity contribution in [1.82, 2.24) is 10.7 Å². The molecule has 0 unspecified atom stereocenters. The van der Waals surface area contributed by atoms with Crippen LogP contribution in [0, 0.1) is 20.8 Å².